The molecule has 0 aromatic heterocycles. The summed E-state index contributed by atoms with van der Waals surface area (Å²) in [5.41, 5.74) is 6.49. The molecule has 2 rings (SSSR count). The minimum Gasteiger partial charge on any atom is -0.469 e. The first-order valence-electron chi connectivity index (χ1n) is 10.2. The molecule has 2 aromatic carbocycles. The molecule has 33 heavy (non-hydrogen) atoms. The largest absolute Gasteiger partial charge is 0.469 e. The van der Waals surface area contributed by atoms with E-state index in [0.29, 0.717) is 12.0 Å². The van der Waals surface area contributed by atoms with E-state index in [0.717, 1.165) is 17.7 Å². The Hall–Kier alpha value is -3.40. The van der Waals surface area contributed by atoms with Crippen molar-refractivity contribution in [1.82, 2.24) is 10.6 Å². The van der Waals surface area contributed by atoms with E-state index in [4.69, 9.17) is 5.73 Å². The van der Waals surface area contributed by atoms with E-state index in [1.165, 1.54) is 19.2 Å². The fraction of sp³-hybridized carbons (Fsp3) is 0.348. The highest BCUT2D eigenvalue weighted by molar-refractivity contribution is 5.94. The van der Waals surface area contributed by atoms with Gasteiger partial charge in [-0.25, -0.2) is 0 Å². The van der Waals surface area contributed by atoms with E-state index in [1.807, 2.05) is 6.92 Å². The molecule has 2 aromatic rings. The van der Waals surface area contributed by atoms with Crippen LogP contribution < -0.4 is 16.4 Å². The fourth-order valence-electron chi connectivity index (χ4n) is 3.06. The van der Waals surface area contributed by atoms with Crippen LogP contribution in [0.2, 0.25) is 0 Å². The second-order valence-electron chi connectivity index (χ2n) is 7.27. The van der Waals surface area contributed by atoms with Gasteiger partial charge in [0.15, 0.2) is 0 Å². The first-order valence-corrected chi connectivity index (χ1v) is 10.2. The van der Waals surface area contributed by atoms with Gasteiger partial charge in [0.1, 0.15) is 6.04 Å². The van der Waals surface area contributed by atoms with Crippen molar-refractivity contribution in [2.75, 3.05) is 13.7 Å². The van der Waals surface area contributed by atoms with Gasteiger partial charge in [-0.1, -0.05) is 31.2 Å². The maximum atomic E-state index is 12.7. The lowest BCUT2D eigenvalue weighted by molar-refractivity contribution is -0.140. The summed E-state index contributed by atoms with van der Waals surface area (Å²) in [5, 5.41) is 5.40. The molecular weight excluding hydrogens is 439 g/mol. The maximum Gasteiger partial charge on any atom is 0.416 e. The number of benzene rings is 2. The van der Waals surface area contributed by atoms with Crippen LogP contribution in [0.4, 0.5) is 13.2 Å². The molecule has 0 bridgehead atoms. The van der Waals surface area contributed by atoms with E-state index in [-0.39, 0.29) is 24.4 Å². The molecule has 0 aliphatic carbocycles. The Morgan fingerprint density at radius 2 is 1.58 bits per heavy atom. The predicted octanol–water partition coefficient (Wildman–Crippen LogP) is 3.27. The number of halogens is 3. The number of carbonyl (C=O) groups is 3. The van der Waals surface area contributed by atoms with Gasteiger partial charge in [-0.2, -0.15) is 13.2 Å². The summed E-state index contributed by atoms with van der Waals surface area (Å²) in [5.74, 6) is -1.32. The van der Waals surface area contributed by atoms with Gasteiger partial charge in [0, 0.05) is 12.1 Å². The SMILES string of the molecule is CC[C@@H](NC(=O)C(N)c1ccc(C(F)(F)F)cc1)c1ccc(C(=O)NCCC(=O)OC)cc1. The van der Waals surface area contributed by atoms with Crippen molar-refractivity contribution in [3.8, 4) is 0 Å². The van der Waals surface area contributed by atoms with Crippen molar-refractivity contribution < 1.29 is 32.3 Å². The Balaban J connectivity index is 1.99. The lowest BCUT2D eigenvalue weighted by atomic mass is 10.0. The molecule has 0 fully saturated rings. The van der Waals surface area contributed by atoms with Crippen LogP contribution in [0.5, 0.6) is 0 Å². The van der Waals surface area contributed by atoms with Gasteiger partial charge >= 0.3 is 12.1 Å². The molecule has 4 N–H and O–H groups in total. The van der Waals surface area contributed by atoms with Crippen LogP contribution in [-0.4, -0.2) is 31.4 Å². The normalized spacial score (nSPS) is 13.0. The number of nitrogens with one attached hydrogen (secondary N) is 2. The quantitative estimate of drug-likeness (QED) is 0.493. The standard InChI is InChI=1S/C23H26F3N3O4/c1-3-18(14-4-6-16(7-5-14)21(31)28-13-12-19(30)33-2)29-22(32)20(27)15-8-10-17(11-9-15)23(24,25)26/h4-11,18,20H,3,12-13,27H2,1-2H3,(H,28,31)(H,29,32)/t18-,20?/m1/s1. The van der Waals surface area contributed by atoms with Crippen molar-refractivity contribution in [2.24, 2.45) is 5.73 Å². The predicted molar refractivity (Wildman–Crippen MR) is 115 cm³/mol. The van der Waals surface area contributed by atoms with Crippen molar-refractivity contribution in [3.05, 3.63) is 70.8 Å². The number of hydrogen-bond donors (Lipinski definition) is 3. The Morgan fingerprint density at radius 3 is 2.09 bits per heavy atom. The van der Waals surface area contributed by atoms with Gasteiger partial charge in [-0.05, 0) is 41.8 Å². The Bertz CT molecular complexity index is 960. The van der Waals surface area contributed by atoms with Crippen LogP contribution in [0.3, 0.4) is 0 Å². The molecule has 0 spiro atoms. The highest BCUT2D eigenvalue weighted by atomic mass is 19.4. The number of rotatable bonds is 9. The third kappa shape index (κ3) is 7.31. The molecule has 178 valence electrons. The van der Waals surface area contributed by atoms with E-state index in [9.17, 15) is 27.6 Å². The highest BCUT2D eigenvalue weighted by Crippen LogP contribution is 2.30. The average molecular weight is 465 g/mol. The fourth-order valence-corrected chi connectivity index (χ4v) is 3.06. The van der Waals surface area contributed by atoms with Gasteiger partial charge in [0.05, 0.1) is 25.1 Å². The maximum absolute atomic E-state index is 12.7. The molecule has 0 saturated heterocycles. The van der Waals surface area contributed by atoms with Crippen LogP contribution in [0, 0.1) is 0 Å². The van der Waals surface area contributed by atoms with Gasteiger partial charge in [0.25, 0.3) is 5.91 Å². The minimum absolute atomic E-state index is 0.0590. The molecule has 0 saturated carbocycles. The van der Waals surface area contributed by atoms with Gasteiger partial charge in [-0.3, -0.25) is 14.4 Å². The second-order valence-corrected chi connectivity index (χ2v) is 7.27. The summed E-state index contributed by atoms with van der Waals surface area (Å²) in [6, 6.07) is 9.14. The zero-order valence-corrected chi connectivity index (χ0v) is 18.2. The smallest absolute Gasteiger partial charge is 0.416 e. The monoisotopic (exact) mass is 465 g/mol. The van der Waals surface area contributed by atoms with Gasteiger partial charge in [-0.15, -0.1) is 0 Å². The van der Waals surface area contributed by atoms with Crippen molar-refractivity contribution in [3.63, 3.8) is 0 Å². The number of alkyl halides is 3. The van der Waals surface area contributed by atoms with Crippen LogP contribution in [0.25, 0.3) is 0 Å². The van der Waals surface area contributed by atoms with Crippen LogP contribution in [-0.2, 0) is 20.5 Å². The third-order valence-corrected chi connectivity index (χ3v) is 5.02. The molecular formula is C23H26F3N3O4. The highest BCUT2D eigenvalue weighted by Gasteiger charge is 2.30. The zero-order chi connectivity index (χ0) is 24.6. The van der Waals surface area contributed by atoms with Crippen LogP contribution in [0.1, 0.15) is 58.9 Å². The molecule has 0 heterocycles. The summed E-state index contributed by atoms with van der Waals surface area (Å²) in [6.07, 6.45) is -3.89. The lowest BCUT2D eigenvalue weighted by Gasteiger charge is -2.21. The Kier molecular flexibility index (Phi) is 8.98. The van der Waals surface area contributed by atoms with E-state index in [1.54, 1.807) is 24.3 Å². The Labute approximate surface area is 189 Å². The molecule has 10 heteroatoms. The molecule has 0 radical (unpaired) electrons. The summed E-state index contributed by atoms with van der Waals surface area (Å²) in [4.78, 5) is 35.8. The molecule has 7 nitrogen and oxygen atoms in total. The average Bonchev–Trinajstić information content (AvgIpc) is 2.81. The minimum atomic E-state index is -4.47. The van der Waals surface area contributed by atoms with Gasteiger partial charge in [0.2, 0.25) is 5.91 Å². The summed E-state index contributed by atoms with van der Waals surface area (Å²) >= 11 is 0. The summed E-state index contributed by atoms with van der Waals surface area (Å²) in [6.45, 7) is 1.99. The molecule has 2 atom stereocenters. The van der Waals surface area contributed by atoms with E-state index < -0.39 is 35.7 Å². The molecule has 0 aliphatic rings. The van der Waals surface area contributed by atoms with Crippen molar-refractivity contribution in [1.29, 1.82) is 0 Å². The second kappa shape index (κ2) is 11.5. The van der Waals surface area contributed by atoms with Crippen molar-refractivity contribution in [2.45, 2.75) is 38.0 Å². The van der Waals surface area contributed by atoms with Crippen LogP contribution in [0.15, 0.2) is 48.5 Å². The zero-order valence-electron chi connectivity index (χ0n) is 18.2. The van der Waals surface area contributed by atoms with Gasteiger partial charge < -0.3 is 21.1 Å². The lowest BCUT2D eigenvalue weighted by Crippen LogP contribution is -2.36. The number of hydrogen-bond acceptors (Lipinski definition) is 5. The number of ether oxygens (including phenoxy) is 1. The number of nitrogens with two attached hydrogens (primary N) is 1. The van der Waals surface area contributed by atoms with E-state index in [2.05, 4.69) is 15.4 Å². The van der Waals surface area contributed by atoms with Crippen molar-refractivity contribution >= 4 is 17.8 Å². The Morgan fingerprint density at radius 1 is 1.00 bits per heavy atom. The summed E-state index contributed by atoms with van der Waals surface area (Å²) < 4.78 is 42.7. The first-order chi connectivity index (χ1) is 15.6. The first kappa shape index (κ1) is 25.9. The molecule has 1 unspecified atom stereocenters. The topological polar surface area (TPSA) is 111 Å². The number of amides is 2. The molecule has 2 amide bonds. The number of carbonyl (C=O) groups excluding carboxylic acids is 3. The number of esters is 1. The number of methoxy groups -OCH3 is 1. The summed E-state index contributed by atoms with van der Waals surface area (Å²) in [7, 11) is 1.27. The third-order valence-electron chi connectivity index (χ3n) is 5.02. The molecule has 0 aliphatic heterocycles. The van der Waals surface area contributed by atoms with Crippen LogP contribution >= 0.6 is 0 Å². The van der Waals surface area contributed by atoms with E-state index >= 15 is 0 Å².